The van der Waals surface area contributed by atoms with Crippen LogP contribution in [-0.2, 0) is 0 Å². The van der Waals surface area contributed by atoms with E-state index in [1.165, 1.54) is 6.07 Å². The zero-order valence-electron chi connectivity index (χ0n) is 11.3. The van der Waals surface area contributed by atoms with Crippen molar-refractivity contribution >= 4 is 15.9 Å². The fraction of sp³-hybridized carbons (Fsp3) is 0.250. The SMILES string of the molecule is CC(NC(C)c1cccc(F)c1F)c1ccc(Br)cc1. The van der Waals surface area contributed by atoms with Crippen molar-refractivity contribution in [2.24, 2.45) is 0 Å². The Morgan fingerprint density at radius 2 is 1.60 bits per heavy atom. The van der Waals surface area contributed by atoms with E-state index in [2.05, 4.69) is 21.2 Å². The molecule has 2 atom stereocenters. The van der Waals surface area contributed by atoms with Crippen LogP contribution in [0.2, 0.25) is 0 Å². The summed E-state index contributed by atoms with van der Waals surface area (Å²) >= 11 is 3.39. The third-order valence-electron chi connectivity index (χ3n) is 3.32. The van der Waals surface area contributed by atoms with Crippen LogP contribution in [0.5, 0.6) is 0 Å². The molecule has 0 aromatic heterocycles. The molecular weight excluding hydrogens is 324 g/mol. The molecule has 1 nitrogen and oxygen atoms in total. The van der Waals surface area contributed by atoms with Gasteiger partial charge in [-0.3, -0.25) is 0 Å². The molecule has 0 radical (unpaired) electrons. The van der Waals surface area contributed by atoms with Crippen LogP contribution in [0.25, 0.3) is 0 Å². The number of rotatable bonds is 4. The molecule has 2 unspecified atom stereocenters. The molecule has 1 N–H and O–H groups in total. The second kappa shape index (κ2) is 6.46. The van der Waals surface area contributed by atoms with E-state index < -0.39 is 11.6 Å². The predicted molar refractivity (Wildman–Crippen MR) is 80.5 cm³/mol. The minimum Gasteiger partial charge on any atom is -0.304 e. The molecule has 4 heteroatoms. The van der Waals surface area contributed by atoms with Crippen LogP contribution in [0.4, 0.5) is 8.78 Å². The highest BCUT2D eigenvalue weighted by Gasteiger charge is 2.16. The predicted octanol–water partition coefficient (Wildman–Crippen LogP) is 5.14. The Hall–Kier alpha value is -1.26. The van der Waals surface area contributed by atoms with Crippen molar-refractivity contribution < 1.29 is 8.78 Å². The van der Waals surface area contributed by atoms with Gasteiger partial charge in [0.25, 0.3) is 0 Å². The summed E-state index contributed by atoms with van der Waals surface area (Å²) in [5, 5.41) is 3.28. The molecule has 0 spiro atoms. The lowest BCUT2D eigenvalue weighted by Crippen LogP contribution is -2.23. The van der Waals surface area contributed by atoms with Gasteiger partial charge >= 0.3 is 0 Å². The molecule has 0 aliphatic heterocycles. The molecule has 0 heterocycles. The third-order valence-corrected chi connectivity index (χ3v) is 3.85. The van der Waals surface area contributed by atoms with Crippen LogP contribution < -0.4 is 5.32 Å². The number of hydrogen-bond acceptors (Lipinski definition) is 1. The Balaban J connectivity index is 2.13. The summed E-state index contributed by atoms with van der Waals surface area (Å²) < 4.78 is 28.0. The lowest BCUT2D eigenvalue weighted by atomic mass is 10.0. The lowest BCUT2D eigenvalue weighted by Gasteiger charge is -2.21. The zero-order chi connectivity index (χ0) is 14.7. The molecule has 106 valence electrons. The Bertz CT molecular complexity index is 584. The van der Waals surface area contributed by atoms with Crippen molar-refractivity contribution in [1.29, 1.82) is 0 Å². The van der Waals surface area contributed by atoms with E-state index in [9.17, 15) is 8.78 Å². The summed E-state index contributed by atoms with van der Waals surface area (Å²) in [7, 11) is 0. The van der Waals surface area contributed by atoms with E-state index in [4.69, 9.17) is 0 Å². The van der Waals surface area contributed by atoms with Gasteiger partial charge in [-0.1, -0.05) is 40.2 Å². The number of benzene rings is 2. The molecule has 2 aromatic rings. The van der Waals surface area contributed by atoms with Crippen LogP contribution in [0.3, 0.4) is 0 Å². The van der Waals surface area contributed by atoms with Crippen LogP contribution in [-0.4, -0.2) is 0 Å². The zero-order valence-corrected chi connectivity index (χ0v) is 12.9. The summed E-state index contributed by atoms with van der Waals surface area (Å²) in [4.78, 5) is 0. The molecule has 0 fully saturated rings. The normalized spacial score (nSPS) is 14.1. The van der Waals surface area contributed by atoms with E-state index in [0.717, 1.165) is 16.1 Å². The first-order valence-corrected chi connectivity index (χ1v) is 7.23. The molecule has 2 rings (SSSR count). The van der Waals surface area contributed by atoms with Gasteiger partial charge in [-0.15, -0.1) is 0 Å². The first-order chi connectivity index (χ1) is 9.49. The fourth-order valence-electron chi connectivity index (χ4n) is 2.17. The second-order valence-corrected chi connectivity index (χ2v) is 5.72. The van der Waals surface area contributed by atoms with Gasteiger partial charge < -0.3 is 5.32 Å². The maximum Gasteiger partial charge on any atom is 0.163 e. The Morgan fingerprint density at radius 1 is 0.950 bits per heavy atom. The van der Waals surface area contributed by atoms with Crippen molar-refractivity contribution in [3.05, 3.63) is 69.7 Å². The highest BCUT2D eigenvalue weighted by atomic mass is 79.9. The average Bonchev–Trinajstić information content (AvgIpc) is 2.42. The maximum atomic E-state index is 13.7. The van der Waals surface area contributed by atoms with Crippen molar-refractivity contribution in [2.45, 2.75) is 25.9 Å². The van der Waals surface area contributed by atoms with E-state index in [1.54, 1.807) is 6.07 Å². The quantitative estimate of drug-likeness (QED) is 0.813. The number of halogens is 3. The average molecular weight is 340 g/mol. The van der Waals surface area contributed by atoms with Crippen molar-refractivity contribution in [3.63, 3.8) is 0 Å². The van der Waals surface area contributed by atoms with Gasteiger partial charge in [0.05, 0.1) is 0 Å². The maximum absolute atomic E-state index is 13.7. The van der Waals surface area contributed by atoms with Crippen molar-refractivity contribution in [2.75, 3.05) is 0 Å². The lowest BCUT2D eigenvalue weighted by molar-refractivity contribution is 0.449. The van der Waals surface area contributed by atoms with Gasteiger partial charge in [0, 0.05) is 22.1 Å². The highest BCUT2D eigenvalue weighted by molar-refractivity contribution is 9.10. The monoisotopic (exact) mass is 339 g/mol. The van der Waals surface area contributed by atoms with Gasteiger partial charge in [0.15, 0.2) is 11.6 Å². The molecule has 0 bridgehead atoms. The van der Waals surface area contributed by atoms with Crippen LogP contribution in [0, 0.1) is 11.6 Å². The van der Waals surface area contributed by atoms with Gasteiger partial charge in [0.1, 0.15) is 0 Å². The molecule has 2 aromatic carbocycles. The van der Waals surface area contributed by atoms with E-state index in [0.29, 0.717) is 5.56 Å². The summed E-state index contributed by atoms with van der Waals surface area (Å²) in [6, 6.07) is 11.9. The van der Waals surface area contributed by atoms with Gasteiger partial charge in [-0.2, -0.15) is 0 Å². The third kappa shape index (κ3) is 3.44. The second-order valence-electron chi connectivity index (χ2n) is 4.80. The smallest absolute Gasteiger partial charge is 0.163 e. The Morgan fingerprint density at radius 3 is 2.25 bits per heavy atom. The van der Waals surface area contributed by atoms with Crippen molar-refractivity contribution in [1.82, 2.24) is 5.32 Å². The summed E-state index contributed by atoms with van der Waals surface area (Å²) in [6.45, 7) is 3.82. The van der Waals surface area contributed by atoms with Gasteiger partial charge in [0.2, 0.25) is 0 Å². The molecule has 0 saturated heterocycles. The molecular formula is C16H16BrF2N. The van der Waals surface area contributed by atoms with Gasteiger partial charge in [-0.25, -0.2) is 8.78 Å². The number of hydrogen-bond donors (Lipinski definition) is 1. The van der Waals surface area contributed by atoms with Crippen molar-refractivity contribution in [3.8, 4) is 0 Å². The van der Waals surface area contributed by atoms with E-state index in [1.807, 2.05) is 38.1 Å². The molecule has 20 heavy (non-hydrogen) atoms. The van der Waals surface area contributed by atoms with Crippen LogP contribution in [0.15, 0.2) is 46.9 Å². The molecule has 0 saturated carbocycles. The standard InChI is InChI=1S/C16H16BrF2N/c1-10(12-6-8-13(17)9-7-12)20-11(2)14-4-3-5-15(18)16(14)19/h3-11,20H,1-2H3. The summed E-state index contributed by atoms with van der Waals surface area (Å²) in [5.74, 6) is -1.59. The topological polar surface area (TPSA) is 12.0 Å². The first-order valence-electron chi connectivity index (χ1n) is 6.44. The summed E-state index contributed by atoms with van der Waals surface area (Å²) in [6.07, 6.45) is 0. The van der Waals surface area contributed by atoms with Crippen LogP contribution >= 0.6 is 15.9 Å². The van der Waals surface area contributed by atoms with Crippen LogP contribution in [0.1, 0.15) is 37.1 Å². The summed E-state index contributed by atoms with van der Waals surface area (Å²) in [5.41, 5.74) is 1.44. The minimum absolute atomic E-state index is 0.0424. The first kappa shape index (κ1) is 15.1. The Kier molecular flexibility index (Phi) is 4.89. The van der Waals surface area contributed by atoms with Gasteiger partial charge in [-0.05, 0) is 37.6 Å². The largest absolute Gasteiger partial charge is 0.304 e. The minimum atomic E-state index is -0.813. The van der Waals surface area contributed by atoms with E-state index in [-0.39, 0.29) is 12.1 Å². The molecule has 0 amide bonds. The fourth-order valence-corrected chi connectivity index (χ4v) is 2.43. The molecule has 0 aliphatic rings. The Labute approximate surface area is 126 Å². The number of nitrogens with one attached hydrogen (secondary N) is 1. The molecule has 0 aliphatic carbocycles. The van der Waals surface area contributed by atoms with E-state index >= 15 is 0 Å². The highest BCUT2D eigenvalue weighted by Crippen LogP contribution is 2.23.